The Labute approximate surface area is 413 Å². The molecule has 5 heteroatoms. The third kappa shape index (κ3) is 6.87. The molecule has 0 atom stereocenters. The van der Waals surface area contributed by atoms with Crippen molar-refractivity contribution in [2.45, 2.75) is 33.1 Å². The minimum absolute atomic E-state index is 0.390. The van der Waals surface area contributed by atoms with Gasteiger partial charge in [-0.3, -0.25) is 4.57 Å². The summed E-state index contributed by atoms with van der Waals surface area (Å²) in [6.07, 6.45) is 6.22. The second kappa shape index (κ2) is 16.6. The number of fused-ring (bicyclic) bond motifs is 8. The largest absolute Gasteiger partial charge is 0.309 e. The summed E-state index contributed by atoms with van der Waals surface area (Å²) >= 11 is 0. The van der Waals surface area contributed by atoms with Gasteiger partial charge in [0.2, 0.25) is 5.95 Å². The van der Waals surface area contributed by atoms with Crippen LogP contribution in [0.25, 0.3) is 117 Å². The fourth-order valence-corrected chi connectivity index (χ4v) is 11.1. The van der Waals surface area contributed by atoms with Crippen LogP contribution < -0.4 is 0 Å². The Morgan fingerprint density at radius 2 is 0.845 bits per heavy atom. The Balaban J connectivity index is 1.09. The molecule has 9 aromatic carbocycles. The first kappa shape index (κ1) is 42.2. The molecule has 12 aromatic rings. The number of aromatic nitrogens is 5. The lowest BCUT2D eigenvalue weighted by Gasteiger charge is -2.35. The first-order valence-electron chi connectivity index (χ1n) is 24.5. The number of hydrogen-bond donors (Lipinski definition) is 0. The van der Waals surface area contributed by atoms with E-state index in [1.54, 1.807) is 0 Å². The number of hydrogen-bond acceptors (Lipinski definition) is 3. The van der Waals surface area contributed by atoms with E-state index < -0.39 is 0 Å². The van der Waals surface area contributed by atoms with Crippen LogP contribution in [0.3, 0.4) is 0 Å². The molecule has 5 nitrogen and oxygen atoms in total. The molecule has 13 rings (SSSR count). The number of nitrogens with zero attached hydrogens (tertiary/aromatic N) is 5. The predicted octanol–water partition coefficient (Wildman–Crippen LogP) is 17.0. The molecule has 0 amide bonds. The minimum atomic E-state index is -0.390. The molecule has 0 saturated heterocycles. The summed E-state index contributed by atoms with van der Waals surface area (Å²) < 4.78 is 4.73. The molecule has 338 valence electrons. The van der Waals surface area contributed by atoms with Crippen LogP contribution in [0.2, 0.25) is 0 Å². The van der Waals surface area contributed by atoms with Crippen molar-refractivity contribution >= 4 is 49.2 Å². The van der Waals surface area contributed by atoms with Gasteiger partial charge in [-0.25, -0.2) is 4.98 Å². The highest BCUT2D eigenvalue weighted by Crippen LogP contribution is 2.50. The van der Waals surface area contributed by atoms with Crippen molar-refractivity contribution in [1.29, 1.82) is 0 Å². The summed E-state index contributed by atoms with van der Waals surface area (Å²) in [7, 11) is 0. The maximum Gasteiger partial charge on any atom is 0.238 e. The van der Waals surface area contributed by atoms with Crippen molar-refractivity contribution in [3.63, 3.8) is 0 Å². The van der Waals surface area contributed by atoms with E-state index >= 15 is 0 Å². The van der Waals surface area contributed by atoms with Crippen molar-refractivity contribution in [2.24, 2.45) is 0 Å². The normalized spacial score (nSPS) is 13.2. The molecule has 1 aliphatic heterocycles. The van der Waals surface area contributed by atoms with E-state index in [4.69, 9.17) is 15.0 Å². The summed E-state index contributed by atoms with van der Waals surface area (Å²) in [5, 5.41) is 4.61. The van der Waals surface area contributed by atoms with E-state index in [0.29, 0.717) is 17.6 Å². The summed E-state index contributed by atoms with van der Waals surface area (Å²) in [5.74, 6) is 1.79. The highest BCUT2D eigenvalue weighted by molar-refractivity contribution is 6.14. The van der Waals surface area contributed by atoms with E-state index in [9.17, 15) is 0 Å². The van der Waals surface area contributed by atoms with Crippen molar-refractivity contribution in [3.8, 4) is 67.5 Å². The highest BCUT2D eigenvalue weighted by Gasteiger charge is 2.36. The molecule has 0 saturated carbocycles. The smallest absolute Gasteiger partial charge is 0.238 e. The van der Waals surface area contributed by atoms with Crippen molar-refractivity contribution in [2.75, 3.05) is 0 Å². The maximum atomic E-state index is 5.57. The molecule has 0 radical (unpaired) electrons. The quantitative estimate of drug-likeness (QED) is 0.143. The molecule has 4 heterocycles. The molecule has 0 fully saturated rings. The molecular formula is C66H49N5. The van der Waals surface area contributed by atoms with Crippen molar-refractivity contribution in [1.82, 2.24) is 24.1 Å². The monoisotopic (exact) mass is 911 g/mol. The van der Waals surface area contributed by atoms with Crippen LogP contribution in [-0.2, 0) is 5.41 Å². The van der Waals surface area contributed by atoms with Gasteiger partial charge in [0.1, 0.15) is 0 Å². The molecule has 71 heavy (non-hydrogen) atoms. The summed E-state index contributed by atoms with van der Waals surface area (Å²) in [6.45, 7) is 8.83. The Morgan fingerprint density at radius 1 is 0.408 bits per heavy atom. The first-order valence-corrected chi connectivity index (χ1v) is 24.5. The molecule has 0 bridgehead atoms. The van der Waals surface area contributed by atoms with Crippen LogP contribution in [0.5, 0.6) is 0 Å². The molecule has 0 N–H and O–H groups in total. The zero-order valence-corrected chi connectivity index (χ0v) is 40.1. The van der Waals surface area contributed by atoms with Crippen LogP contribution >= 0.6 is 0 Å². The number of rotatable bonds is 8. The van der Waals surface area contributed by atoms with E-state index in [-0.39, 0.29) is 5.41 Å². The van der Waals surface area contributed by atoms with Gasteiger partial charge in [0.25, 0.3) is 0 Å². The van der Waals surface area contributed by atoms with Gasteiger partial charge in [-0.1, -0.05) is 178 Å². The lowest BCUT2D eigenvalue weighted by molar-refractivity contribution is 0.630. The Morgan fingerprint density at radius 3 is 1.34 bits per heavy atom. The van der Waals surface area contributed by atoms with Crippen molar-refractivity contribution in [3.05, 3.63) is 241 Å². The Hall–Kier alpha value is -8.93. The third-order valence-electron chi connectivity index (χ3n) is 14.6. The Bertz CT molecular complexity index is 4020. The van der Waals surface area contributed by atoms with Crippen LogP contribution in [-0.4, -0.2) is 24.1 Å². The number of benzene rings is 9. The van der Waals surface area contributed by atoms with Crippen LogP contribution in [0.1, 0.15) is 44.6 Å². The topological polar surface area (TPSA) is 48.5 Å². The SMILES string of the molecule is C/C=C\C(=C/C)c1nc(-c2cc3c4c(c2)c2cc(-c5ccccc5)ccc2n4-c2ccc(-c4ccccc4)cc2C3(C)C)nc(-n2c3ccc(-c4ccccc4)cc3c3cc(-c4ccccc4)ccc32)n1. The summed E-state index contributed by atoms with van der Waals surface area (Å²) in [5.41, 5.74) is 19.0. The zero-order chi connectivity index (χ0) is 47.8. The van der Waals surface area contributed by atoms with Crippen molar-refractivity contribution < 1.29 is 0 Å². The lowest BCUT2D eigenvalue weighted by atomic mass is 9.73. The molecule has 1 aliphatic rings. The van der Waals surface area contributed by atoms with Gasteiger partial charge in [-0.05, 0) is 130 Å². The molecular weight excluding hydrogens is 863 g/mol. The van der Waals surface area contributed by atoms with Gasteiger partial charge >= 0.3 is 0 Å². The van der Waals surface area contributed by atoms with E-state index in [1.165, 1.54) is 66.6 Å². The van der Waals surface area contributed by atoms with E-state index in [1.807, 2.05) is 19.9 Å². The summed E-state index contributed by atoms with van der Waals surface area (Å²) in [6, 6.07) is 74.7. The van der Waals surface area contributed by atoms with Gasteiger partial charge < -0.3 is 4.57 Å². The van der Waals surface area contributed by atoms with Crippen LogP contribution in [0.4, 0.5) is 0 Å². The van der Waals surface area contributed by atoms with E-state index in [0.717, 1.165) is 49.5 Å². The lowest BCUT2D eigenvalue weighted by Crippen LogP contribution is -2.26. The standard InChI is InChI=1S/C66H49N5/c1-5-19-42(6-2)63-67-64(69-65(68-63)71-59-33-29-47(43-20-11-7-12-21-43)36-52(59)53-37-48(30-34-60(53)71)44-22-13-8-14-23-44)51-39-55-54-38-49(45-24-15-9-16-25-45)28-32-58(54)70-61-35-31-50(46-26-17-10-18-27-46)40-56(61)66(3,4)57(41-51)62(55)70/h5-41H,1-4H3/b19-5-,42-6+. The second-order valence-corrected chi connectivity index (χ2v) is 19.1. The van der Waals surface area contributed by atoms with Crippen LogP contribution in [0.15, 0.2) is 224 Å². The molecule has 0 aliphatic carbocycles. The molecule has 0 unspecified atom stereocenters. The van der Waals surface area contributed by atoms with E-state index in [2.05, 4.69) is 241 Å². The maximum absolute atomic E-state index is 5.57. The zero-order valence-electron chi connectivity index (χ0n) is 40.1. The first-order chi connectivity index (χ1) is 34.9. The van der Waals surface area contributed by atoms with Gasteiger partial charge in [0.15, 0.2) is 11.6 Å². The fraction of sp³-hybridized carbons (Fsp3) is 0.0758. The minimum Gasteiger partial charge on any atom is -0.309 e. The molecule has 0 spiro atoms. The summed E-state index contributed by atoms with van der Waals surface area (Å²) in [4.78, 5) is 16.4. The van der Waals surface area contributed by atoms with Gasteiger partial charge in [0, 0.05) is 38.1 Å². The van der Waals surface area contributed by atoms with Gasteiger partial charge in [-0.15, -0.1) is 0 Å². The average molecular weight is 912 g/mol. The fourth-order valence-electron chi connectivity index (χ4n) is 11.1. The highest BCUT2D eigenvalue weighted by atomic mass is 15.2. The second-order valence-electron chi connectivity index (χ2n) is 19.1. The number of allylic oxidation sites excluding steroid dienone is 4. The van der Waals surface area contributed by atoms with Gasteiger partial charge in [-0.2, -0.15) is 9.97 Å². The Kier molecular flexibility index (Phi) is 9.89. The van der Waals surface area contributed by atoms with Gasteiger partial charge in [0.05, 0.1) is 27.8 Å². The average Bonchev–Trinajstić information content (AvgIpc) is 3.94. The third-order valence-corrected chi connectivity index (χ3v) is 14.6. The van der Waals surface area contributed by atoms with Crippen LogP contribution in [0, 0.1) is 0 Å². The molecule has 3 aromatic heterocycles. The predicted molar refractivity (Wildman–Crippen MR) is 296 cm³/mol.